The highest BCUT2D eigenvalue weighted by Gasteiger charge is 2.15. The Hall–Kier alpha value is -1.06. The molecule has 1 aliphatic rings. The van der Waals surface area contributed by atoms with Gasteiger partial charge in [-0.25, -0.2) is 0 Å². The lowest BCUT2D eigenvalue weighted by molar-refractivity contribution is 0.244. The first-order valence-electron chi connectivity index (χ1n) is 6.53. The van der Waals surface area contributed by atoms with Gasteiger partial charge in [0.25, 0.3) is 0 Å². The van der Waals surface area contributed by atoms with Gasteiger partial charge >= 0.3 is 0 Å². The molecule has 1 unspecified atom stereocenters. The summed E-state index contributed by atoms with van der Waals surface area (Å²) in [6.45, 7) is 6.58. The van der Waals surface area contributed by atoms with Crippen molar-refractivity contribution in [1.29, 1.82) is 0 Å². The number of anilines is 1. The molecule has 0 aliphatic carbocycles. The van der Waals surface area contributed by atoms with Crippen LogP contribution in [0.2, 0.25) is 0 Å². The van der Waals surface area contributed by atoms with Gasteiger partial charge in [-0.05, 0) is 25.1 Å². The average Bonchev–Trinajstić information content (AvgIpc) is 2.37. The van der Waals surface area contributed by atoms with E-state index < -0.39 is 0 Å². The first-order chi connectivity index (χ1) is 8.29. The molecule has 1 aromatic rings. The number of piperazine rings is 1. The number of aryl methyl sites for hydroxylation is 1. The Morgan fingerprint density at radius 2 is 2.24 bits per heavy atom. The lowest BCUT2D eigenvalue weighted by Gasteiger charge is -2.31. The summed E-state index contributed by atoms with van der Waals surface area (Å²) in [5.41, 5.74) is 2.68. The fourth-order valence-electron chi connectivity index (χ4n) is 2.36. The van der Waals surface area contributed by atoms with Crippen LogP contribution in [-0.2, 0) is 6.42 Å². The van der Waals surface area contributed by atoms with Crippen LogP contribution in [0, 0.1) is 0 Å². The van der Waals surface area contributed by atoms with Crippen molar-refractivity contribution in [2.75, 3.05) is 38.5 Å². The first-order valence-corrected chi connectivity index (χ1v) is 6.53. The highest BCUT2D eigenvalue weighted by Crippen LogP contribution is 2.15. The second-order valence-corrected chi connectivity index (χ2v) is 4.80. The minimum atomic E-state index is 0.554. The minimum Gasteiger partial charge on any atom is -0.383 e. The van der Waals surface area contributed by atoms with Crippen LogP contribution in [0.3, 0.4) is 0 Å². The van der Waals surface area contributed by atoms with E-state index in [1.165, 1.54) is 11.3 Å². The number of benzene rings is 1. The normalized spacial score (nSPS) is 21.4. The maximum atomic E-state index is 3.57. The molecular formula is C14H23N3. The third-order valence-corrected chi connectivity index (χ3v) is 3.40. The average molecular weight is 233 g/mol. The molecule has 2 N–H and O–H groups in total. The third kappa shape index (κ3) is 3.45. The fourth-order valence-corrected chi connectivity index (χ4v) is 2.36. The van der Waals surface area contributed by atoms with E-state index in [0.717, 1.165) is 32.6 Å². The Bertz CT molecular complexity index is 351. The van der Waals surface area contributed by atoms with Gasteiger partial charge in [0.1, 0.15) is 0 Å². The Labute approximate surface area is 104 Å². The molecule has 3 heteroatoms. The number of nitrogens with one attached hydrogen (secondary N) is 2. The summed E-state index contributed by atoms with van der Waals surface area (Å²) in [5, 5.41) is 7.12. The zero-order chi connectivity index (χ0) is 12.1. The summed E-state index contributed by atoms with van der Waals surface area (Å²) in [4.78, 5) is 2.38. The molecule has 0 aromatic heterocycles. The van der Waals surface area contributed by atoms with Crippen molar-refractivity contribution in [2.24, 2.45) is 0 Å². The van der Waals surface area contributed by atoms with Crippen molar-refractivity contribution in [3.05, 3.63) is 29.8 Å². The van der Waals surface area contributed by atoms with Crippen LogP contribution in [0.25, 0.3) is 0 Å². The van der Waals surface area contributed by atoms with Gasteiger partial charge in [0.05, 0.1) is 0 Å². The standard InChI is InChI=1S/C14H23N3/c1-3-12-6-4-5-7-14(12)16-10-13-11-17(2)9-8-15-13/h4-7,13,15-16H,3,8-11H2,1-2H3. The summed E-state index contributed by atoms with van der Waals surface area (Å²) in [6.07, 6.45) is 1.08. The van der Waals surface area contributed by atoms with E-state index in [9.17, 15) is 0 Å². The van der Waals surface area contributed by atoms with Crippen molar-refractivity contribution in [3.8, 4) is 0 Å². The van der Waals surface area contributed by atoms with E-state index in [4.69, 9.17) is 0 Å². The molecule has 94 valence electrons. The second kappa shape index (κ2) is 6.03. The molecule has 3 nitrogen and oxygen atoms in total. The van der Waals surface area contributed by atoms with E-state index in [1.54, 1.807) is 0 Å². The van der Waals surface area contributed by atoms with Gasteiger partial charge in [-0.1, -0.05) is 25.1 Å². The second-order valence-electron chi connectivity index (χ2n) is 4.80. The highest BCUT2D eigenvalue weighted by molar-refractivity contribution is 5.51. The molecule has 1 heterocycles. The summed E-state index contributed by atoms with van der Waals surface area (Å²) in [5.74, 6) is 0. The third-order valence-electron chi connectivity index (χ3n) is 3.40. The van der Waals surface area contributed by atoms with Crippen LogP contribution in [0.5, 0.6) is 0 Å². The number of nitrogens with zero attached hydrogens (tertiary/aromatic N) is 1. The zero-order valence-corrected chi connectivity index (χ0v) is 10.9. The zero-order valence-electron chi connectivity index (χ0n) is 10.9. The Morgan fingerprint density at radius 1 is 1.41 bits per heavy atom. The highest BCUT2D eigenvalue weighted by atomic mass is 15.2. The van der Waals surface area contributed by atoms with Crippen LogP contribution in [0.4, 0.5) is 5.69 Å². The Balaban J connectivity index is 1.88. The molecule has 0 spiro atoms. The molecular weight excluding hydrogens is 210 g/mol. The molecule has 1 saturated heterocycles. The Morgan fingerprint density at radius 3 is 3.00 bits per heavy atom. The molecule has 1 aromatic carbocycles. The van der Waals surface area contributed by atoms with E-state index in [-0.39, 0.29) is 0 Å². The van der Waals surface area contributed by atoms with Gasteiger partial charge < -0.3 is 15.5 Å². The molecule has 1 aliphatic heterocycles. The molecule has 0 radical (unpaired) electrons. The van der Waals surface area contributed by atoms with Gasteiger partial charge in [-0.15, -0.1) is 0 Å². The molecule has 17 heavy (non-hydrogen) atoms. The van der Waals surface area contributed by atoms with Crippen LogP contribution >= 0.6 is 0 Å². The van der Waals surface area contributed by atoms with Crippen molar-refractivity contribution in [3.63, 3.8) is 0 Å². The van der Waals surface area contributed by atoms with Crippen molar-refractivity contribution >= 4 is 5.69 Å². The van der Waals surface area contributed by atoms with E-state index >= 15 is 0 Å². The van der Waals surface area contributed by atoms with Crippen LogP contribution in [0.15, 0.2) is 24.3 Å². The van der Waals surface area contributed by atoms with E-state index in [1.807, 2.05) is 0 Å². The monoisotopic (exact) mass is 233 g/mol. The minimum absolute atomic E-state index is 0.554. The molecule has 0 bridgehead atoms. The number of hydrogen-bond acceptors (Lipinski definition) is 3. The summed E-state index contributed by atoms with van der Waals surface area (Å²) in [7, 11) is 2.19. The maximum absolute atomic E-state index is 3.57. The number of likely N-dealkylation sites (N-methyl/N-ethyl adjacent to an activating group) is 1. The van der Waals surface area contributed by atoms with Crippen molar-refractivity contribution < 1.29 is 0 Å². The fraction of sp³-hybridized carbons (Fsp3) is 0.571. The summed E-state index contributed by atoms with van der Waals surface area (Å²) < 4.78 is 0. The van der Waals surface area contributed by atoms with E-state index in [0.29, 0.717) is 6.04 Å². The van der Waals surface area contributed by atoms with Crippen molar-refractivity contribution in [1.82, 2.24) is 10.2 Å². The quantitative estimate of drug-likeness (QED) is 0.826. The number of para-hydroxylation sites is 1. The van der Waals surface area contributed by atoms with Gasteiger partial charge in [0.2, 0.25) is 0 Å². The molecule has 2 rings (SSSR count). The topological polar surface area (TPSA) is 27.3 Å². The smallest absolute Gasteiger partial charge is 0.0373 e. The molecule has 0 saturated carbocycles. The molecule has 1 fully saturated rings. The maximum Gasteiger partial charge on any atom is 0.0373 e. The molecule has 1 atom stereocenters. The van der Waals surface area contributed by atoms with Crippen LogP contribution in [-0.4, -0.2) is 44.2 Å². The predicted molar refractivity (Wildman–Crippen MR) is 73.6 cm³/mol. The van der Waals surface area contributed by atoms with Crippen LogP contribution in [0.1, 0.15) is 12.5 Å². The van der Waals surface area contributed by atoms with E-state index in [2.05, 4.69) is 53.8 Å². The lowest BCUT2D eigenvalue weighted by atomic mass is 10.1. The molecule has 0 amide bonds. The SMILES string of the molecule is CCc1ccccc1NCC1CN(C)CCN1. The van der Waals surface area contributed by atoms with Crippen molar-refractivity contribution in [2.45, 2.75) is 19.4 Å². The van der Waals surface area contributed by atoms with Crippen LogP contribution < -0.4 is 10.6 Å². The summed E-state index contributed by atoms with van der Waals surface area (Å²) in [6, 6.07) is 9.13. The Kier molecular flexibility index (Phi) is 4.40. The lowest BCUT2D eigenvalue weighted by Crippen LogP contribution is -2.51. The van der Waals surface area contributed by atoms with Gasteiger partial charge in [0.15, 0.2) is 0 Å². The predicted octanol–water partition coefficient (Wildman–Crippen LogP) is 1.56. The van der Waals surface area contributed by atoms with Gasteiger partial charge in [0, 0.05) is 37.9 Å². The largest absolute Gasteiger partial charge is 0.383 e. The van der Waals surface area contributed by atoms with Gasteiger partial charge in [-0.3, -0.25) is 0 Å². The number of hydrogen-bond donors (Lipinski definition) is 2. The first kappa shape index (κ1) is 12.4. The summed E-state index contributed by atoms with van der Waals surface area (Å²) >= 11 is 0. The van der Waals surface area contributed by atoms with Gasteiger partial charge in [-0.2, -0.15) is 0 Å². The number of rotatable bonds is 4.